The van der Waals surface area contributed by atoms with Crippen LogP contribution in [0.2, 0.25) is 0 Å². The van der Waals surface area contributed by atoms with E-state index in [0.717, 1.165) is 51.6 Å². The van der Waals surface area contributed by atoms with E-state index in [4.69, 9.17) is 9.73 Å². The number of halogens is 1. The molecule has 6 nitrogen and oxygen atoms in total. The summed E-state index contributed by atoms with van der Waals surface area (Å²) in [5.74, 6) is 2.11. The fraction of sp³-hybridized carbons (Fsp3) is 0.789. The van der Waals surface area contributed by atoms with Gasteiger partial charge in [0.2, 0.25) is 0 Å². The Bertz CT molecular complexity index is 546. The minimum absolute atomic E-state index is 0. The highest BCUT2D eigenvalue weighted by atomic mass is 127. The number of aliphatic imine (C=N–C) groups is 1. The van der Waals surface area contributed by atoms with Crippen LogP contribution in [-0.2, 0) is 11.8 Å². The van der Waals surface area contributed by atoms with Gasteiger partial charge < -0.3 is 15.0 Å². The predicted molar refractivity (Wildman–Crippen MR) is 118 cm³/mol. The smallest absolute Gasteiger partial charge is 0.193 e. The van der Waals surface area contributed by atoms with Gasteiger partial charge in [0.05, 0.1) is 12.3 Å². The van der Waals surface area contributed by atoms with Crippen molar-refractivity contribution in [2.45, 2.75) is 52.6 Å². The van der Waals surface area contributed by atoms with Gasteiger partial charge in [0, 0.05) is 51.9 Å². The number of guanidine groups is 1. The van der Waals surface area contributed by atoms with Crippen molar-refractivity contribution < 1.29 is 4.74 Å². The van der Waals surface area contributed by atoms with Crippen molar-refractivity contribution in [3.05, 3.63) is 18.0 Å². The summed E-state index contributed by atoms with van der Waals surface area (Å²) < 4.78 is 7.72. The molecule has 1 aliphatic heterocycles. The second kappa shape index (κ2) is 11.8. The number of aryl methyl sites for hydroxylation is 1. The molecule has 2 unspecified atom stereocenters. The van der Waals surface area contributed by atoms with Gasteiger partial charge in [0.15, 0.2) is 5.96 Å². The molecule has 0 aliphatic carbocycles. The van der Waals surface area contributed by atoms with Crippen molar-refractivity contribution >= 4 is 29.9 Å². The topological polar surface area (TPSA) is 54.7 Å². The average Bonchev–Trinajstić information content (AvgIpc) is 3.21. The van der Waals surface area contributed by atoms with Gasteiger partial charge in [-0.1, -0.05) is 13.8 Å². The maximum atomic E-state index is 5.84. The van der Waals surface area contributed by atoms with Gasteiger partial charge in [-0.05, 0) is 38.2 Å². The first-order valence-corrected chi connectivity index (χ1v) is 9.68. The van der Waals surface area contributed by atoms with Crippen LogP contribution in [0.5, 0.6) is 0 Å². The van der Waals surface area contributed by atoms with Crippen molar-refractivity contribution in [3.8, 4) is 0 Å². The number of hydrogen-bond donors (Lipinski definition) is 1. The third-order valence-electron chi connectivity index (χ3n) is 4.82. The van der Waals surface area contributed by atoms with E-state index in [-0.39, 0.29) is 24.0 Å². The number of rotatable bonds is 8. The number of hydrogen-bond acceptors (Lipinski definition) is 3. The Morgan fingerprint density at radius 3 is 2.77 bits per heavy atom. The maximum Gasteiger partial charge on any atom is 0.193 e. The third kappa shape index (κ3) is 6.72. The zero-order valence-electron chi connectivity index (χ0n) is 16.9. The lowest BCUT2D eigenvalue weighted by molar-refractivity contribution is 0.0266. The van der Waals surface area contributed by atoms with Gasteiger partial charge in [0.25, 0.3) is 0 Å². The van der Waals surface area contributed by atoms with Crippen molar-refractivity contribution in [1.82, 2.24) is 20.0 Å². The molecule has 2 rings (SSSR count). The van der Waals surface area contributed by atoms with Crippen LogP contribution in [0.4, 0.5) is 0 Å². The molecule has 26 heavy (non-hydrogen) atoms. The molecule has 0 bridgehead atoms. The quantitative estimate of drug-likeness (QED) is 0.355. The van der Waals surface area contributed by atoms with E-state index in [0.29, 0.717) is 17.9 Å². The SMILES string of the molecule is CCNC(=NCCC(OCC)C(C)C)N1CCC(c2cnn(C)c2)C1.I. The monoisotopic (exact) mass is 477 g/mol. The number of likely N-dealkylation sites (tertiary alicyclic amines) is 1. The van der Waals surface area contributed by atoms with E-state index < -0.39 is 0 Å². The van der Waals surface area contributed by atoms with Crippen LogP contribution in [0.1, 0.15) is 52.0 Å². The molecule has 2 heterocycles. The molecule has 2 atom stereocenters. The van der Waals surface area contributed by atoms with Gasteiger partial charge in [-0.15, -0.1) is 24.0 Å². The van der Waals surface area contributed by atoms with Gasteiger partial charge in [-0.2, -0.15) is 5.10 Å². The molecule has 0 spiro atoms. The molecule has 0 saturated carbocycles. The summed E-state index contributed by atoms with van der Waals surface area (Å²) in [5.41, 5.74) is 1.33. The molecule has 1 fully saturated rings. The van der Waals surface area contributed by atoms with E-state index in [2.05, 4.69) is 49.2 Å². The molecule has 150 valence electrons. The first kappa shape index (κ1) is 23.2. The van der Waals surface area contributed by atoms with Crippen molar-refractivity contribution in [1.29, 1.82) is 0 Å². The summed E-state index contributed by atoms with van der Waals surface area (Å²) in [7, 11) is 1.98. The molecular weight excluding hydrogens is 441 g/mol. The fourth-order valence-corrected chi connectivity index (χ4v) is 3.42. The van der Waals surface area contributed by atoms with Gasteiger partial charge >= 0.3 is 0 Å². The first-order chi connectivity index (χ1) is 12.0. The summed E-state index contributed by atoms with van der Waals surface area (Å²) in [6, 6.07) is 0. The highest BCUT2D eigenvalue weighted by Crippen LogP contribution is 2.26. The Morgan fingerprint density at radius 1 is 1.42 bits per heavy atom. The molecule has 7 heteroatoms. The molecule has 1 N–H and O–H groups in total. The summed E-state index contributed by atoms with van der Waals surface area (Å²) in [6.45, 7) is 13.1. The summed E-state index contributed by atoms with van der Waals surface area (Å²) in [6.07, 6.45) is 6.55. The number of aromatic nitrogens is 2. The van der Waals surface area contributed by atoms with E-state index in [9.17, 15) is 0 Å². The van der Waals surface area contributed by atoms with Crippen LogP contribution >= 0.6 is 24.0 Å². The molecule has 1 aromatic rings. The Morgan fingerprint density at radius 2 is 2.19 bits per heavy atom. The van der Waals surface area contributed by atoms with Crippen LogP contribution in [0, 0.1) is 5.92 Å². The highest BCUT2D eigenvalue weighted by Gasteiger charge is 2.27. The lowest BCUT2D eigenvalue weighted by Crippen LogP contribution is -2.40. The molecular formula is C19H36IN5O. The summed E-state index contributed by atoms with van der Waals surface area (Å²) >= 11 is 0. The molecule has 1 saturated heterocycles. The van der Waals surface area contributed by atoms with Crippen LogP contribution in [-0.4, -0.2) is 59.5 Å². The van der Waals surface area contributed by atoms with Gasteiger partial charge in [0.1, 0.15) is 0 Å². The van der Waals surface area contributed by atoms with Gasteiger partial charge in [-0.3, -0.25) is 9.67 Å². The fourth-order valence-electron chi connectivity index (χ4n) is 3.42. The lowest BCUT2D eigenvalue weighted by Gasteiger charge is -2.23. The summed E-state index contributed by atoms with van der Waals surface area (Å²) in [5, 5.41) is 7.76. The second-order valence-electron chi connectivity index (χ2n) is 7.14. The standard InChI is InChI=1S/C19H35N5O.HI/c1-6-20-19(21-10-8-18(15(3)4)25-7-2)24-11-9-16(14-24)17-12-22-23(5)13-17;/h12-13,15-16,18H,6-11,14H2,1-5H3,(H,20,21);1H. The van der Waals surface area contributed by atoms with Crippen molar-refractivity contribution in [2.75, 3.05) is 32.8 Å². The van der Waals surface area contributed by atoms with Crippen molar-refractivity contribution in [2.24, 2.45) is 18.0 Å². The number of nitrogens with one attached hydrogen (secondary N) is 1. The Labute approximate surface area is 175 Å². The van der Waals surface area contributed by atoms with Crippen molar-refractivity contribution in [3.63, 3.8) is 0 Å². The zero-order chi connectivity index (χ0) is 18.2. The maximum absolute atomic E-state index is 5.84. The minimum atomic E-state index is 0. The number of ether oxygens (including phenoxy) is 1. The summed E-state index contributed by atoms with van der Waals surface area (Å²) in [4.78, 5) is 7.25. The zero-order valence-corrected chi connectivity index (χ0v) is 19.3. The largest absolute Gasteiger partial charge is 0.378 e. The lowest BCUT2D eigenvalue weighted by atomic mass is 10.0. The molecule has 0 radical (unpaired) electrons. The second-order valence-corrected chi connectivity index (χ2v) is 7.14. The molecule has 0 aromatic carbocycles. The van der Waals surface area contributed by atoms with Gasteiger partial charge in [-0.25, -0.2) is 0 Å². The Hall–Kier alpha value is -0.830. The molecule has 1 aromatic heterocycles. The van der Waals surface area contributed by atoms with Crippen LogP contribution < -0.4 is 5.32 Å². The predicted octanol–water partition coefficient (Wildman–Crippen LogP) is 3.24. The van der Waals surface area contributed by atoms with Crippen LogP contribution in [0.3, 0.4) is 0 Å². The van der Waals surface area contributed by atoms with Crippen LogP contribution in [0.25, 0.3) is 0 Å². The third-order valence-corrected chi connectivity index (χ3v) is 4.82. The normalized spacial score (nSPS) is 18.9. The van der Waals surface area contributed by atoms with E-state index in [1.165, 1.54) is 5.56 Å². The molecule has 0 amide bonds. The van der Waals surface area contributed by atoms with E-state index in [1.54, 1.807) is 0 Å². The molecule has 1 aliphatic rings. The number of nitrogens with zero attached hydrogens (tertiary/aromatic N) is 4. The van der Waals surface area contributed by atoms with E-state index in [1.807, 2.05) is 17.9 Å². The minimum Gasteiger partial charge on any atom is -0.378 e. The average molecular weight is 477 g/mol. The van der Waals surface area contributed by atoms with Crippen LogP contribution in [0.15, 0.2) is 17.4 Å². The first-order valence-electron chi connectivity index (χ1n) is 9.68. The Kier molecular flexibility index (Phi) is 10.5. The Balaban J connectivity index is 0.00000338. The highest BCUT2D eigenvalue weighted by molar-refractivity contribution is 14.0. The van der Waals surface area contributed by atoms with E-state index >= 15 is 0 Å².